The van der Waals surface area contributed by atoms with E-state index in [1.807, 2.05) is 0 Å². The van der Waals surface area contributed by atoms with Crippen LogP contribution in [-0.2, 0) is 23.9 Å². The molecule has 1 aromatic heterocycles. The van der Waals surface area contributed by atoms with Crippen LogP contribution in [0.4, 0.5) is 32.4 Å². The molecule has 0 aliphatic carbocycles. The van der Waals surface area contributed by atoms with Crippen molar-refractivity contribution in [1.82, 2.24) is 9.88 Å². The molecular weight excluding hydrogens is 415 g/mol. The molecular formula is C18H15F5N4O3. The predicted octanol–water partition coefficient (Wildman–Crippen LogP) is 2.83. The average Bonchev–Trinajstić information content (AvgIpc) is 3.10. The number of pyridine rings is 1. The number of fused-ring (bicyclic) bond motifs is 2. The number of carbonyl (C=O) groups excluding carboxylic acids is 2. The lowest BCUT2D eigenvalue weighted by atomic mass is 10.1. The van der Waals surface area contributed by atoms with Crippen LogP contribution in [0.25, 0.3) is 0 Å². The Morgan fingerprint density at radius 3 is 2.67 bits per heavy atom. The molecule has 4 rings (SSSR count). The maximum Gasteiger partial charge on any atom is 0.433 e. The zero-order chi connectivity index (χ0) is 22.1. The van der Waals surface area contributed by atoms with Crippen molar-refractivity contribution >= 4 is 17.6 Å². The van der Waals surface area contributed by atoms with Crippen LogP contribution >= 0.6 is 0 Å². The molecule has 0 unspecified atom stereocenters. The fraction of sp³-hybridized carbons (Fsp3) is 0.278. The molecule has 1 aromatic carbocycles. The standard InChI is InChI=1S/C10H9F3N4O2.C8H6F2O/c11-10(12,13)8-5-3-17(4-7(14)18)9(19)16-6(5)1-2-15-8;9-5-3-7(10)6-1-2-11-8(6)4-5/h1-2H,3-4H2,(H2,14,18)(H,16,19);3-4H,1-2H2. The predicted molar refractivity (Wildman–Crippen MR) is 93.4 cm³/mol. The lowest BCUT2D eigenvalue weighted by Gasteiger charge is -2.29. The number of alkyl halides is 3. The Morgan fingerprint density at radius 2 is 2.00 bits per heavy atom. The molecule has 0 saturated heterocycles. The second kappa shape index (κ2) is 8.13. The van der Waals surface area contributed by atoms with Crippen LogP contribution < -0.4 is 15.8 Å². The molecule has 0 saturated carbocycles. The molecule has 2 aliphatic rings. The van der Waals surface area contributed by atoms with Crippen molar-refractivity contribution in [2.24, 2.45) is 5.73 Å². The number of anilines is 1. The van der Waals surface area contributed by atoms with Crippen LogP contribution in [-0.4, -0.2) is 35.0 Å². The number of urea groups is 1. The highest BCUT2D eigenvalue weighted by Crippen LogP contribution is 2.35. The van der Waals surface area contributed by atoms with Crippen molar-refractivity contribution in [3.63, 3.8) is 0 Å². The third-order valence-electron chi connectivity index (χ3n) is 4.28. The van der Waals surface area contributed by atoms with Gasteiger partial charge in [0, 0.05) is 35.9 Å². The number of halogens is 5. The van der Waals surface area contributed by atoms with E-state index in [9.17, 15) is 31.5 Å². The Kier molecular flexibility index (Phi) is 5.76. The first-order valence-electron chi connectivity index (χ1n) is 8.56. The van der Waals surface area contributed by atoms with Gasteiger partial charge in [-0.3, -0.25) is 9.78 Å². The van der Waals surface area contributed by atoms with Gasteiger partial charge in [0.05, 0.1) is 18.8 Å². The lowest BCUT2D eigenvalue weighted by Crippen LogP contribution is -2.44. The van der Waals surface area contributed by atoms with Gasteiger partial charge in [0.25, 0.3) is 0 Å². The van der Waals surface area contributed by atoms with Crippen LogP contribution in [0.1, 0.15) is 16.8 Å². The van der Waals surface area contributed by atoms with Gasteiger partial charge in [0.1, 0.15) is 23.9 Å². The Morgan fingerprint density at radius 1 is 1.27 bits per heavy atom. The molecule has 2 aliphatic heterocycles. The number of nitrogens with two attached hydrogens (primary N) is 1. The summed E-state index contributed by atoms with van der Waals surface area (Å²) in [4.78, 5) is 26.5. The van der Waals surface area contributed by atoms with E-state index in [4.69, 9.17) is 10.5 Å². The molecule has 7 nitrogen and oxygen atoms in total. The molecule has 3 N–H and O–H groups in total. The largest absolute Gasteiger partial charge is 0.493 e. The van der Waals surface area contributed by atoms with Gasteiger partial charge in [-0.1, -0.05) is 0 Å². The van der Waals surface area contributed by atoms with E-state index in [-0.39, 0.29) is 17.8 Å². The van der Waals surface area contributed by atoms with Gasteiger partial charge in [-0.05, 0) is 6.07 Å². The number of hydrogen-bond acceptors (Lipinski definition) is 4. The minimum atomic E-state index is -4.63. The molecule has 0 fully saturated rings. The molecule has 160 valence electrons. The first-order valence-corrected chi connectivity index (χ1v) is 8.56. The Hall–Kier alpha value is -3.44. The topological polar surface area (TPSA) is 97.6 Å². The first-order chi connectivity index (χ1) is 14.1. The van der Waals surface area contributed by atoms with Crippen molar-refractivity contribution < 1.29 is 36.3 Å². The van der Waals surface area contributed by atoms with Crippen LogP contribution in [0.5, 0.6) is 5.75 Å². The van der Waals surface area contributed by atoms with Gasteiger partial charge < -0.3 is 20.7 Å². The van der Waals surface area contributed by atoms with Crippen molar-refractivity contribution in [2.45, 2.75) is 19.1 Å². The average molecular weight is 430 g/mol. The molecule has 3 amide bonds. The molecule has 0 radical (unpaired) electrons. The van der Waals surface area contributed by atoms with Gasteiger partial charge in [-0.15, -0.1) is 0 Å². The van der Waals surface area contributed by atoms with Gasteiger partial charge in [-0.25, -0.2) is 13.6 Å². The number of benzene rings is 1. The second-order valence-electron chi connectivity index (χ2n) is 6.40. The van der Waals surface area contributed by atoms with Gasteiger partial charge in [0.2, 0.25) is 5.91 Å². The minimum Gasteiger partial charge on any atom is -0.493 e. The van der Waals surface area contributed by atoms with Gasteiger partial charge in [0.15, 0.2) is 5.69 Å². The number of ether oxygens (including phenoxy) is 1. The summed E-state index contributed by atoms with van der Waals surface area (Å²) in [6.45, 7) is -0.375. The maximum absolute atomic E-state index is 12.8. The van der Waals surface area contributed by atoms with E-state index in [0.29, 0.717) is 24.3 Å². The van der Waals surface area contributed by atoms with E-state index in [0.717, 1.165) is 17.2 Å². The number of nitrogens with zero attached hydrogens (tertiary/aromatic N) is 2. The third kappa shape index (κ3) is 4.58. The highest BCUT2D eigenvalue weighted by molar-refractivity contribution is 5.94. The summed E-state index contributed by atoms with van der Waals surface area (Å²) in [5.41, 5.74) is 4.19. The first kappa shape index (κ1) is 21.3. The summed E-state index contributed by atoms with van der Waals surface area (Å²) < 4.78 is 68.6. The Balaban J connectivity index is 0.000000196. The third-order valence-corrected chi connectivity index (χ3v) is 4.28. The molecule has 3 heterocycles. The van der Waals surface area contributed by atoms with Crippen LogP contribution in [0.2, 0.25) is 0 Å². The van der Waals surface area contributed by atoms with Crippen LogP contribution in [0.3, 0.4) is 0 Å². The highest BCUT2D eigenvalue weighted by atomic mass is 19.4. The van der Waals surface area contributed by atoms with E-state index in [1.54, 1.807) is 0 Å². The van der Waals surface area contributed by atoms with Gasteiger partial charge in [-0.2, -0.15) is 13.2 Å². The quantitative estimate of drug-likeness (QED) is 0.716. The van der Waals surface area contributed by atoms with Crippen LogP contribution in [0.15, 0.2) is 24.4 Å². The fourth-order valence-corrected chi connectivity index (χ4v) is 3.00. The molecule has 0 spiro atoms. The molecule has 2 aromatic rings. The zero-order valence-corrected chi connectivity index (χ0v) is 15.2. The van der Waals surface area contributed by atoms with Crippen molar-refractivity contribution in [2.75, 3.05) is 18.5 Å². The summed E-state index contributed by atoms with van der Waals surface area (Å²) in [7, 11) is 0. The van der Waals surface area contributed by atoms with E-state index >= 15 is 0 Å². The summed E-state index contributed by atoms with van der Waals surface area (Å²) in [6.07, 6.45) is -3.13. The molecule has 12 heteroatoms. The molecule has 0 bridgehead atoms. The van der Waals surface area contributed by atoms with Crippen molar-refractivity contribution in [1.29, 1.82) is 0 Å². The van der Waals surface area contributed by atoms with Crippen molar-refractivity contribution in [3.8, 4) is 5.75 Å². The van der Waals surface area contributed by atoms with Gasteiger partial charge >= 0.3 is 12.2 Å². The number of hydrogen-bond donors (Lipinski definition) is 2. The highest BCUT2D eigenvalue weighted by Gasteiger charge is 2.38. The SMILES string of the molecule is Fc1cc(F)c2c(c1)OCC2.NC(=O)CN1Cc2c(ccnc2C(F)(F)F)NC1=O. The number of nitrogens with one attached hydrogen (secondary N) is 1. The summed E-state index contributed by atoms with van der Waals surface area (Å²) in [6, 6.07) is 2.69. The number of carbonyl (C=O) groups is 2. The smallest absolute Gasteiger partial charge is 0.433 e. The lowest BCUT2D eigenvalue weighted by molar-refractivity contribution is -0.142. The summed E-state index contributed by atoms with van der Waals surface area (Å²) in [5, 5.41) is 2.27. The number of rotatable bonds is 2. The Labute approximate surface area is 166 Å². The number of primary amides is 1. The van der Waals surface area contributed by atoms with E-state index < -0.39 is 42.0 Å². The summed E-state index contributed by atoms with van der Waals surface area (Å²) in [5.74, 6) is -1.54. The normalized spacial score (nSPS) is 14.7. The maximum atomic E-state index is 12.8. The number of amides is 3. The Bertz CT molecular complexity index is 997. The monoisotopic (exact) mass is 430 g/mol. The number of aromatic nitrogens is 1. The summed E-state index contributed by atoms with van der Waals surface area (Å²) >= 11 is 0. The zero-order valence-electron chi connectivity index (χ0n) is 15.2. The molecule has 0 atom stereocenters. The second-order valence-corrected chi connectivity index (χ2v) is 6.40. The van der Waals surface area contributed by atoms with Crippen LogP contribution in [0, 0.1) is 11.6 Å². The fourth-order valence-electron chi connectivity index (χ4n) is 3.00. The van der Waals surface area contributed by atoms with Crippen molar-refractivity contribution in [3.05, 3.63) is 52.9 Å². The minimum absolute atomic E-state index is 0.0352. The molecule has 30 heavy (non-hydrogen) atoms. The van der Waals surface area contributed by atoms with E-state index in [1.165, 1.54) is 12.1 Å². The van der Waals surface area contributed by atoms with E-state index in [2.05, 4.69) is 10.3 Å².